The van der Waals surface area contributed by atoms with Crippen LogP contribution >= 0.6 is 0 Å². The summed E-state index contributed by atoms with van der Waals surface area (Å²) in [6, 6.07) is 0.523. The molecule has 1 saturated carbocycles. The van der Waals surface area contributed by atoms with E-state index >= 15 is 0 Å². The molecule has 0 aromatic carbocycles. The van der Waals surface area contributed by atoms with Gasteiger partial charge in [0.2, 0.25) is 0 Å². The summed E-state index contributed by atoms with van der Waals surface area (Å²) >= 11 is 0. The van der Waals surface area contributed by atoms with Crippen molar-refractivity contribution in [3.63, 3.8) is 0 Å². The van der Waals surface area contributed by atoms with E-state index in [9.17, 15) is 0 Å². The Labute approximate surface area is 79.2 Å². The molecule has 76 valence electrons. The standard InChI is InChI=1S/C9H19N3O/c1-9(2)4-3-7(5-9)11-6-8(10)12-13/h7,11,13H,3-6H2,1-2H3,(H2,10,12). The normalized spacial score (nSPS) is 27.8. The van der Waals surface area contributed by atoms with Crippen LogP contribution in [0.2, 0.25) is 0 Å². The first-order chi connectivity index (χ1) is 6.03. The van der Waals surface area contributed by atoms with Gasteiger partial charge in [0.15, 0.2) is 5.84 Å². The minimum Gasteiger partial charge on any atom is -0.409 e. The Kier molecular flexibility index (Phi) is 3.14. The molecule has 1 aliphatic carbocycles. The number of nitrogens with zero attached hydrogens (tertiary/aromatic N) is 1. The number of hydrogen-bond acceptors (Lipinski definition) is 3. The van der Waals surface area contributed by atoms with Crippen LogP contribution in [0.1, 0.15) is 33.1 Å². The van der Waals surface area contributed by atoms with E-state index in [-0.39, 0.29) is 5.84 Å². The van der Waals surface area contributed by atoms with Crippen molar-refractivity contribution in [3.05, 3.63) is 0 Å². The lowest BCUT2D eigenvalue weighted by Crippen LogP contribution is -2.35. The van der Waals surface area contributed by atoms with E-state index in [1.807, 2.05) is 0 Å². The Balaban J connectivity index is 2.25. The van der Waals surface area contributed by atoms with Gasteiger partial charge in [0.25, 0.3) is 0 Å². The van der Waals surface area contributed by atoms with E-state index < -0.39 is 0 Å². The van der Waals surface area contributed by atoms with E-state index in [0.717, 1.165) is 0 Å². The summed E-state index contributed by atoms with van der Waals surface area (Å²) in [4.78, 5) is 0. The SMILES string of the molecule is CC1(C)CCC(NC/C(N)=N/O)C1. The van der Waals surface area contributed by atoms with Crippen molar-refractivity contribution in [3.8, 4) is 0 Å². The van der Waals surface area contributed by atoms with Gasteiger partial charge in [-0.25, -0.2) is 0 Å². The number of rotatable bonds is 3. The molecule has 1 aliphatic rings. The van der Waals surface area contributed by atoms with Gasteiger partial charge in [-0.15, -0.1) is 0 Å². The summed E-state index contributed by atoms with van der Waals surface area (Å²) in [6.07, 6.45) is 3.61. The third kappa shape index (κ3) is 3.22. The van der Waals surface area contributed by atoms with Gasteiger partial charge < -0.3 is 16.3 Å². The fraction of sp³-hybridized carbons (Fsp3) is 0.889. The molecule has 13 heavy (non-hydrogen) atoms. The Morgan fingerprint density at radius 1 is 1.69 bits per heavy atom. The smallest absolute Gasteiger partial charge is 0.153 e. The van der Waals surface area contributed by atoms with Crippen LogP contribution in [0.3, 0.4) is 0 Å². The molecule has 0 spiro atoms. The summed E-state index contributed by atoms with van der Waals surface area (Å²) in [5.74, 6) is 0.254. The Hall–Kier alpha value is -0.770. The fourth-order valence-electron chi connectivity index (χ4n) is 1.89. The number of nitrogens with one attached hydrogen (secondary N) is 1. The van der Waals surface area contributed by atoms with Crippen LogP contribution in [-0.4, -0.2) is 23.6 Å². The largest absolute Gasteiger partial charge is 0.409 e. The molecule has 0 bridgehead atoms. The second-order valence-corrected chi connectivity index (χ2v) is 4.58. The maximum absolute atomic E-state index is 8.33. The van der Waals surface area contributed by atoms with Crippen molar-refractivity contribution in [1.29, 1.82) is 0 Å². The molecule has 4 heteroatoms. The Morgan fingerprint density at radius 3 is 2.85 bits per heavy atom. The van der Waals surface area contributed by atoms with Gasteiger partial charge in [-0.2, -0.15) is 0 Å². The van der Waals surface area contributed by atoms with Crippen LogP contribution in [0.15, 0.2) is 5.16 Å². The minimum absolute atomic E-state index is 0.254. The first-order valence-corrected chi connectivity index (χ1v) is 4.73. The minimum atomic E-state index is 0.254. The Bertz CT molecular complexity index is 201. The highest BCUT2D eigenvalue weighted by Crippen LogP contribution is 2.36. The summed E-state index contributed by atoms with van der Waals surface area (Å²) in [5.41, 5.74) is 5.80. The number of oxime groups is 1. The zero-order valence-electron chi connectivity index (χ0n) is 8.38. The van der Waals surface area contributed by atoms with Crippen molar-refractivity contribution in [2.24, 2.45) is 16.3 Å². The van der Waals surface area contributed by atoms with Crippen LogP contribution in [0.25, 0.3) is 0 Å². The van der Waals surface area contributed by atoms with Crippen molar-refractivity contribution in [2.45, 2.75) is 39.2 Å². The second kappa shape index (κ2) is 3.96. The molecule has 0 heterocycles. The Morgan fingerprint density at radius 2 is 2.38 bits per heavy atom. The molecule has 0 radical (unpaired) electrons. The quantitative estimate of drug-likeness (QED) is 0.265. The summed E-state index contributed by atoms with van der Waals surface area (Å²) in [7, 11) is 0. The number of hydrogen-bond donors (Lipinski definition) is 3. The van der Waals surface area contributed by atoms with Crippen LogP contribution in [0, 0.1) is 5.41 Å². The summed E-state index contributed by atoms with van der Waals surface area (Å²) < 4.78 is 0. The average Bonchev–Trinajstić information content (AvgIpc) is 2.41. The van der Waals surface area contributed by atoms with Crippen LogP contribution < -0.4 is 11.1 Å². The monoisotopic (exact) mass is 185 g/mol. The lowest BCUT2D eigenvalue weighted by Gasteiger charge is -2.17. The summed E-state index contributed by atoms with van der Waals surface area (Å²) in [5, 5.41) is 14.5. The number of nitrogens with two attached hydrogens (primary N) is 1. The maximum atomic E-state index is 8.33. The van der Waals surface area contributed by atoms with Gasteiger partial charge >= 0.3 is 0 Å². The van der Waals surface area contributed by atoms with E-state index in [1.165, 1.54) is 19.3 Å². The molecule has 4 nitrogen and oxygen atoms in total. The van der Waals surface area contributed by atoms with Gasteiger partial charge in [-0.1, -0.05) is 19.0 Å². The molecular weight excluding hydrogens is 166 g/mol. The zero-order chi connectivity index (χ0) is 9.90. The van der Waals surface area contributed by atoms with E-state index in [0.29, 0.717) is 18.0 Å². The molecule has 4 N–H and O–H groups in total. The second-order valence-electron chi connectivity index (χ2n) is 4.58. The highest BCUT2D eigenvalue weighted by Gasteiger charge is 2.30. The molecule has 0 aliphatic heterocycles. The molecule has 1 atom stereocenters. The van der Waals surface area contributed by atoms with E-state index in [4.69, 9.17) is 10.9 Å². The van der Waals surface area contributed by atoms with E-state index in [1.54, 1.807) is 0 Å². The number of amidine groups is 1. The predicted octanol–water partition coefficient (Wildman–Crippen LogP) is 0.901. The average molecular weight is 185 g/mol. The van der Waals surface area contributed by atoms with Crippen LogP contribution in [0.4, 0.5) is 0 Å². The highest BCUT2D eigenvalue weighted by molar-refractivity contribution is 5.81. The van der Waals surface area contributed by atoms with Gasteiger partial charge in [-0.05, 0) is 24.7 Å². The van der Waals surface area contributed by atoms with Gasteiger partial charge in [0.05, 0.1) is 6.54 Å². The molecule has 0 amide bonds. The lowest BCUT2D eigenvalue weighted by molar-refractivity contribution is 0.316. The van der Waals surface area contributed by atoms with Crippen LogP contribution in [-0.2, 0) is 0 Å². The van der Waals surface area contributed by atoms with Crippen LogP contribution in [0.5, 0.6) is 0 Å². The molecule has 1 fully saturated rings. The van der Waals surface area contributed by atoms with Crippen molar-refractivity contribution in [1.82, 2.24) is 5.32 Å². The fourth-order valence-corrected chi connectivity index (χ4v) is 1.89. The third-order valence-electron chi connectivity index (χ3n) is 2.67. The molecule has 1 unspecified atom stereocenters. The van der Waals surface area contributed by atoms with Crippen molar-refractivity contribution in [2.75, 3.05) is 6.54 Å². The van der Waals surface area contributed by atoms with Gasteiger partial charge in [-0.3, -0.25) is 0 Å². The first kappa shape index (κ1) is 10.3. The summed E-state index contributed by atoms with van der Waals surface area (Å²) in [6.45, 7) is 5.04. The van der Waals surface area contributed by atoms with Gasteiger partial charge in [0, 0.05) is 6.04 Å². The lowest BCUT2D eigenvalue weighted by atomic mass is 9.92. The third-order valence-corrected chi connectivity index (χ3v) is 2.67. The zero-order valence-corrected chi connectivity index (χ0v) is 8.38. The molecule has 0 saturated heterocycles. The van der Waals surface area contributed by atoms with Crippen molar-refractivity contribution < 1.29 is 5.21 Å². The maximum Gasteiger partial charge on any atom is 0.153 e. The molecule has 1 rings (SSSR count). The van der Waals surface area contributed by atoms with E-state index in [2.05, 4.69) is 24.3 Å². The molecule has 0 aromatic rings. The molecular formula is C9H19N3O. The van der Waals surface area contributed by atoms with Gasteiger partial charge in [0.1, 0.15) is 0 Å². The topological polar surface area (TPSA) is 70.6 Å². The van der Waals surface area contributed by atoms with Crippen molar-refractivity contribution >= 4 is 5.84 Å². The molecule has 0 aromatic heterocycles. The predicted molar refractivity (Wildman–Crippen MR) is 52.8 cm³/mol. The highest BCUT2D eigenvalue weighted by atomic mass is 16.4. The first-order valence-electron chi connectivity index (χ1n) is 4.73.